The van der Waals surface area contributed by atoms with Gasteiger partial charge in [-0.15, -0.1) is 0 Å². The van der Waals surface area contributed by atoms with Crippen molar-refractivity contribution >= 4 is 23.3 Å². The Morgan fingerprint density at radius 2 is 1.80 bits per heavy atom. The van der Waals surface area contributed by atoms with E-state index in [-0.39, 0.29) is 24.0 Å². The van der Waals surface area contributed by atoms with Gasteiger partial charge in [0.2, 0.25) is 0 Å². The number of nitrogens with zero attached hydrogens (tertiary/aromatic N) is 1. The number of fused-ring (bicyclic) bond motifs is 6. The molecule has 0 aromatic heterocycles. The molecule has 44 heavy (non-hydrogen) atoms. The van der Waals surface area contributed by atoms with Gasteiger partial charge < -0.3 is 24.4 Å². The van der Waals surface area contributed by atoms with Crippen LogP contribution >= 0.6 is 0 Å². The monoisotopic (exact) mass is 590 g/mol. The first-order valence-corrected chi connectivity index (χ1v) is 15.3. The average Bonchev–Trinajstić information content (AvgIpc) is 3.32. The summed E-state index contributed by atoms with van der Waals surface area (Å²) in [5.74, 6) is -0.252. The van der Waals surface area contributed by atoms with Gasteiger partial charge in [0.05, 0.1) is 18.1 Å². The number of carbonyl (C=O) groups excluding carboxylic acids is 2. The molecule has 2 unspecified atom stereocenters. The number of ether oxygens (including phenoxy) is 3. The van der Waals surface area contributed by atoms with E-state index in [1.54, 1.807) is 6.92 Å². The topological polar surface area (TPSA) is 77.1 Å². The standard InChI is InChI=1S/C37H38N2O5/c1-5-39(19-11-12-20-42-35(40)24(2)3)27-17-18-30-34(22-27)43-33-21-25(4)32(38-26-13-7-6-8-14-26)23-31(33)37(30)29-16-10-9-15-28(29)36(41)44-37/h6-10,13-18,21-23,31,33,38H,2,5,11-12,19-20H2,1,3-4H3/t31-,33?,37?/m1/s1. The number of esters is 2. The summed E-state index contributed by atoms with van der Waals surface area (Å²) in [4.78, 5) is 27.3. The third-order valence-electron chi connectivity index (χ3n) is 8.64. The van der Waals surface area contributed by atoms with E-state index < -0.39 is 5.60 Å². The van der Waals surface area contributed by atoms with Crippen LogP contribution in [0.2, 0.25) is 0 Å². The molecule has 1 aliphatic carbocycles. The highest BCUT2D eigenvalue weighted by molar-refractivity contribution is 5.96. The predicted molar refractivity (Wildman–Crippen MR) is 172 cm³/mol. The third-order valence-corrected chi connectivity index (χ3v) is 8.64. The normalized spacial score (nSPS) is 21.1. The molecule has 0 fully saturated rings. The maximum Gasteiger partial charge on any atom is 0.339 e. The molecule has 0 bridgehead atoms. The van der Waals surface area contributed by atoms with Gasteiger partial charge in [0.15, 0.2) is 5.60 Å². The van der Waals surface area contributed by atoms with Crippen molar-refractivity contribution in [3.8, 4) is 5.75 Å². The molecule has 0 radical (unpaired) electrons. The van der Waals surface area contributed by atoms with Crippen molar-refractivity contribution in [1.82, 2.24) is 0 Å². The van der Waals surface area contributed by atoms with Gasteiger partial charge >= 0.3 is 11.9 Å². The molecule has 0 saturated carbocycles. The molecule has 0 saturated heterocycles. The van der Waals surface area contributed by atoms with Crippen LogP contribution in [0.15, 0.2) is 108 Å². The molecule has 3 aromatic carbocycles. The summed E-state index contributed by atoms with van der Waals surface area (Å²) in [5.41, 5.74) is 5.69. The number of anilines is 2. The van der Waals surface area contributed by atoms with Gasteiger partial charge in [-0.05, 0) is 81.7 Å². The van der Waals surface area contributed by atoms with E-state index in [0.717, 1.165) is 59.7 Å². The van der Waals surface area contributed by atoms with Crippen molar-refractivity contribution in [2.24, 2.45) is 5.92 Å². The molecule has 2 aliphatic heterocycles. The molecular weight excluding hydrogens is 552 g/mol. The lowest BCUT2D eigenvalue weighted by atomic mass is 9.69. The zero-order valence-electron chi connectivity index (χ0n) is 25.5. The molecule has 6 rings (SSSR count). The van der Waals surface area contributed by atoms with Crippen LogP contribution < -0.4 is 15.0 Å². The van der Waals surface area contributed by atoms with E-state index in [1.165, 1.54) is 0 Å². The predicted octanol–water partition coefficient (Wildman–Crippen LogP) is 7.16. The third kappa shape index (κ3) is 5.27. The van der Waals surface area contributed by atoms with Gasteiger partial charge in [0.25, 0.3) is 0 Å². The molecule has 1 N–H and O–H groups in total. The second kappa shape index (κ2) is 12.1. The Kier molecular flexibility index (Phi) is 8.04. The summed E-state index contributed by atoms with van der Waals surface area (Å²) in [6, 6.07) is 23.9. The lowest BCUT2D eigenvalue weighted by molar-refractivity contribution is -0.139. The lowest BCUT2D eigenvalue weighted by Gasteiger charge is -2.46. The Labute approximate surface area is 258 Å². The first-order valence-electron chi connectivity index (χ1n) is 15.3. The second-order valence-electron chi connectivity index (χ2n) is 11.6. The fourth-order valence-corrected chi connectivity index (χ4v) is 6.41. The fraction of sp³-hybridized carbons (Fsp3) is 0.297. The number of rotatable bonds is 10. The summed E-state index contributed by atoms with van der Waals surface area (Å²) in [5, 5.41) is 3.56. The largest absolute Gasteiger partial charge is 0.485 e. The SMILES string of the molecule is C=C(C)C(=O)OCCCCN(CC)c1ccc2c(c1)OC1C=C(C)C(Nc3ccccc3)=C[C@H]1C21OC(=O)c2ccccc21. The highest BCUT2D eigenvalue weighted by Gasteiger charge is 2.58. The first-order chi connectivity index (χ1) is 21.3. The van der Waals surface area contributed by atoms with Crippen LogP contribution in [0.25, 0.3) is 0 Å². The van der Waals surface area contributed by atoms with E-state index in [4.69, 9.17) is 14.2 Å². The second-order valence-corrected chi connectivity index (χ2v) is 11.6. The van der Waals surface area contributed by atoms with Crippen molar-refractivity contribution in [3.05, 3.63) is 125 Å². The van der Waals surface area contributed by atoms with Crippen molar-refractivity contribution in [3.63, 3.8) is 0 Å². The van der Waals surface area contributed by atoms with Crippen molar-refractivity contribution in [2.45, 2.75) is 45.3 Å². The van der Waals surface area contributed by atoms with Crippen LogP contribution in [-0.4, -0.2) is 37.7 Å². The van der Waals surface area contributed by atoms with Gasteiger partial charge in [-0.25, -0.2) is 9.59 Å². The molecule has 0 amide bonds. The number of hydrogen-bond acceptors (Lipinski definition) is 7. The maximum atomic E-state index is 13.4. The van der Waals surface area contributed by atoms with Crippen molar-refractivity contribution in [1.29, 1.82) is 0 Å². The first kappa shape index (κ1) is 29.3. The molecule has 226 valence electrons. The molecular formula is C37H38N2O5. The molecule has 2 heterocycles. The highest BCUT2D eigenvalue weighted by atomic mass is 16.6. The summed E-state index contributed by atoms with van der Waals surface area (Å²) in [6.45, 7) is 11.4. The Morgan fingerprint density at radius 1 is 1.02 bits per heavy atom. The van der Waals surface area contributed by atoms with E-state index >= 15 is 0 Å². The minimum atomic E-state index is -1.03. The lowest BCUT2D eigenvalue weighted by Crippen LogP contribution is -2.49. The Hall–Kier alpha value is -4.78. The van der Waals surface area contributed by atoms with Crippen molar-refractivity contribution in [2.75, 3.05) is 29.9 Å². The van der Waals surface area contributed by atoms with Crippen molar-refractivity contribution < 1.29 is 23.8 Å². The average molecular weight is 591 g/mol. The molecule has 1 spiro atoms. The van der Waals surface area contributed by atoms with Gasteiger partial charge in [-0.2, -0.15) is 0 Å². The minimum absolute atomic E-state index is 0.285. The number of benzene rings is 3. The molecule has 3 aliphatic rings. The van der Waals surface area contributed by atoms with Gasteiger partial charge in [-0.3, -0.25) is 0 Å². The quantitative estimate of drug-likeness (QED) is 0.153. The van der Waals surface area contributed by atoms with Gasteiger partial charge in [0, 0.05) is 52.9 Å². The zero-order chi connectivity index (χ0) is 30.8. The Morgan fingerprint density at radius 3 is 2.57 bits per heavy atom. The number of para-hydroxylation sites is 1. The highest BCUT2D eigenvalue weighted by Crippen LogP contribution is 2.56. The van der Waals surface area contributed by atoms with Crippen LogP contribution in [-0.2, 0) is 19.9 Å². The maximum absolute atomic E-state index is 13.4. The van der Waals surface area contributed by atoms with Crippen LogP contribution in [0, 0.1) is 5.92 Å². The number of carbonyl (C=O) groups is 2. The minimum Gasteiger partial charge on any atom is -0.485 e. The van der Waals surface area contributed by atoms with E-state index in [1.807, 2.05) is 54.6 Å². The number of nitrogens with one attached hydrogen (secondary N) is 1. The number of unbranched alkanes of at least 4 members (excludes halogenated alkanes) is 1. The molecule has 3 atom stereocenters. The number of allylic oxidation sites excluding steroid dienone is 1. The zero-order valence-corrected chi connectivity index (χ0v) is 25.5. The summed E-state index contributed by atoms with van der Waals surface area (Å²) in [6.07, 6.45) is 5.58. The van der Waals surface area contributed by atoms with Gasteiger partial charge in [-0.1, -0.05) is 43.0 Å². The Balaban J connectivity index is 1.33. The van der Waals surface area contributed by atoms with Crippen LogP contribution in [0.3, 0.4) is 0 Å². The summed E-state index contributed by atoms with van der Waals surface area (Å²) in [7, 11) is 0. The van der Waals surface area contributed by atoms with E-state index in [2.05, 4.69) is 61.0 Å². The smallest absolute Gasteiger partial charge is 0.339 e. The van der Waals surface area contributed by atoms with Crippen LogP contribution in [0.1, 0.15) is 55.1 Å². The van der Waals surface area contributed by atoms with E-state index in [0.29, 0.717) is 23.5 Å². The Bertz CT molecular complexity index is 1660. The van der Waals surface area contributed by atoms with Gasteiger partial charge in [0.1, 0.15) is 11.9 Å². The summed E-state index contributed by atoms with van der Waals surface area (Å²) >= 11 is 0. The molecule has 3 aromatic rings. The molecule has 7 heteroatoms. The number of hydrogen-bond donors (Lipinski definition) is 1. The fourth-order valence-electron chi connectivity index (χ4n) is 6.41. The molecule has 7 nitrogen and oxygen atoms in total. The van der Waals surface area contributed by atoms with E-state index in [9.17, 15) is 9.59 Å². The summed E-state index contributed by atoms with van der Waals surface area (Å²) < 4.78 is 18.5. The van der Waals surface area contributed by atoms with Crippen LogP contribution in [0.4, 0.5) is 11.4 Å². The van der Waals surface area contributed by atoms with Crippen LogP contribution in [0.5, 0.6) is 5.75 Å².